The first-order valence-electron chi connectivity index (χ1n) is 5.00. The van der Waals surface area contributed by atoms with E-state index in [-0.39, 0.29) is 0 Å². The van der Waals surface area contributed by atoms with Crippen molar-refractivity contribution in [1.82, 2.24) is 14.6 Å². The van der Waals surface area contributed by atoms with Crippen molar-refractivity contribution in [3.8, 4) is 11.3 Å². The van der Waals surface area contributed by atoms with Crippen molar-refractivity contribution in [3.63, 3.8) is 0 Å². The van der Waals surface area contributed by atoms with Gasteiger partial charge in [-0.15, -0.1) is 0 Å². The molecule has 0 N–H and O–H groups in total. The van der Waals surface area contributed by atoms with Gasteiger partial charge in [-0.05, 0) is 28.1 Å². The fraction of sp³-hybridized carbons (Fsp3) is 0. The molecular weight excluding hydrogens is 302 g/mol. The molecule has 0 spiro atoms. The largest absolute Gasteiger partial charge is 0.227 e. The summed E-state index contributed by atoms with van der Waals surface area (Å²) >= 11 is 9.56. The number of rotatable bonds is 1. The van der Waals surface area contributed by atoms with E-state index >= 15 is 0 Å². The van der Waals surface area contributed by atoms with Crippen LogP contribution in [0, 0.1) is 0 Å². The van der Waals surface area contributed by atoms with Crippen molar-refractivity contribution in [1.29, 1.82) is 0 Å². The van der Waals surface area contributed by atoms with Crippen molar-refractivity contribution >= 4 is 33.2 Å². The Morgan fingerprint density at radius 1 is 1.18 bits per heavy atom. The van der Waals surface area contributed by atoms with Crippen LogP contribution >= 0.6 is 27.5 Å². The molecule has 17 heavy (non-hydrogen) atoms. The summed E-state index contributed by atoms with van der Waals surface area (Å²) in [5, 5.41) is 4.84. The summed E-state index contributed by atoms with van der Waals surface area (Å²) in [6, 6.07) is 9.55. The Morgan fingerprint density at radius 3 is 2.82 bits per heavy atom. The highest BCUT2D eigenvalue weighted by Crippen LogP contribution is 2.27. The van der Waals surface area contributed by atoms with Crippen LogP contribution in [-0.2, 0) is 0 Å². The molecule has 2 heterocycles. The van der Waals surface area contributed by atoms with Crippen molar-refractivity contribution in [2.24, 2.45) is 0 Å². The second-order valence-corrected chi connectivity index (χ2v) is 4.81. The number of halogens is 2. The van der Waals surface area contributed by atoms with Crippen LogP contribution in [0.25, 0.3) is 16.9 Å². The van der Waals surface area contributed by atoms with E-state index in [0.717, 1.165) is 21.4 Å². The van der Waals surface area contributed by atoms with Gasteiger partial charge in [0.25, 0.3) is 0 Å². The summed E-state index contributed by atoms with van der Waals surface area (Å²) in [5.41, 5.74) is 2.54. The fourth-order valence-electron chi connectivity index (χ4n) is 1.66. The van der Waals surface area contributed by atoms with Gasteiger partial charge in [-0.25, -0.2) is 9.50 Å². The molecule has 3 nitrogen and oxygen atoms in total. The molecule has 0 unspecified atom stereocenters. The minimum absolute atomic E-state index is 0.694. The molecule has 84 valence electrons. The molecule has 0 atom stereocenters. The van der Waals surface area contributed by atoms with Crippen molar-refractivity contribution in [2.45, 2.75) is 0 Å². The highest BCUT2D eigenvalue weighted by Gasteiger charge is 2.07. The van der Waals surface area contributed by atoms with Gasteiger partial charge < -0.3 is 0 Å². The van der Waals surface area contributed by atoms with E-state index in [1.807, 2.05) is 36.5 Å². The lowest BCUT2D eigenvalue weighted by atomic mass is 10.1. The maximum Gasteiger partial charge on any atom is 0.169 e. The van der Waals surface area contributed by atoms with Gasteiger partial charge in [0.05, 0.1) is 16.4 Å². The highest BCUT2D eigenvalue weighted by molar-refractivity contribution is 9.10. The van der Waals surface area contributed by atoms with E-state index in [1.54, 1.807) is 10.7 Å². The third-order valence-corrected chi connectivity index (χ3v) is 3.36. The molecule has 0 saturated carbocycles. The molecule has 0 amide bonds. The van der Waals surface area contributed by atoms with E-state index in [4.69, 9.17) is 11.6 Å². The van der Waals surface area contributed by atoms with Crippen LogP contribution in [0.2, 0.25) is 5.02 Å². The molecule has 5 heteroatoms. The normalized spacial score (nSPS) is 10.9. The summed E-state index contributed by atoms with van der Waals surface area (Å²) in [7, 11) is 0. The van der Waals surface area contributed by atoms with Gasteiger partial charge >= 0.3 is 0 Å². The van der Waals surface area contributed by atoms with Crippen LogP contribution in [0.1, 0.15) is 0 Å². The number of hydrogen-bond acceptors (Lipinski definition) is 2. The predicted molar refractivity (Wildman–Crippen MR) is 71.1 cm³/mol. The Hall–Kier alpha value is -1.39. The van der Waals surface area contributed by atoms with E-state index in [2.05, 4.69) is 26.0 Å². The highest BCUT2D eigenvalue weighted by atomic mass is 79.9. The lowest BCUT2D eigenvalue weighted by Crippen LogP contribution is -1.92. The van der Waals surface area contributed by atoms with Crippen LogP contribution in [-0.4, -0.2) is 14.6 Å². The third-order valence-electron chi connectivity index (χ3n) is 2.48. The Bertz CT molecular complexity index is 693. The Balaban J connectivity index is 2.24. The zero-order valence-corrected chi connectivity index (χ0v) is 11.0. The van der Waals surface area contributed by atoms with Crippen LogP contribution in [0.3, 0.4) is 0 Å². The Labute approximate surface area is 111 Å². The van der Waals surface area contributed by atoms with Crippen molar-refractivity contribution in [2.75, 3.05) is 0 Å². The maximum atomic E-state index is 6.15. The summed E-state index contributed by atoms with van der Waals surface area (Å²) in [6.07, 6.45) is 3.59. The zero-order valence-electron chi connectivity index (χ0n) is 8.64. The van der Waals surface area contributed by atoms with Gasteiger partial charge in [0, 0.05) is 16.8 Å². The third kappa shape index (κ3) is 1.83. The van der Waals surface area contributed by atoms with E-state index in [0.29, 0.717) is 5.02 Å². The standard InChI is InChI=1S/C12H7BrClN3/c13-9-7-15-17-6-5-11(16-12(9)17)8-3-1-2-4-10(8)14/h1-7H. The minimum Gasteiger partial charge on any atom is -0.227 e. The number of benzene rings is 1. The topological polar surface area (TPSA) is 30.2 Å². The second-order valence-electron chi connectivity index (χ2n) is 3.55. The smallest absolute Gasteiger partial charge is 0.169 e. The van der Waals surface area contributed by atoms with Crippen LogP contribution < -0.4 is 0 Å². The SMILES string of the molecule is Clc1ccccc1-c1ccn2ncc(Br)c2n1. The molecule has 3 rings (SSSR count). The van der Waals surface area contributed by atoms with Crippen LogP contribution in [0.5, 0.6) is 0 Å². The number of hydrogen-bond donors (Lipinski definition) is 0. The van der Waals surface area contributed by atoms with Crippen LogP contribution in [0.4, 0.5) is 0 Å². The molecule has 2 aromatic heterocycles. The summed E-state index contributed by atoms with van der Waals surface area (Å²) < 4.78 is 2.58. The van der Waals surface area contributed by atoms with E-state index < -0.39 is 0 Å². The lowest BCUT2D eigenvalue weighted by molar-refractivity contribution is 0.941. The molecular formula is C12H7BrClN3. The Morgan fingerprint density at radius 2 is 2.00 bits per heavy atom. The number of fused-ring (bicyclic) bond motifs is 1. The monoisotopic (exact) mass is 307 g/mol. The maximum absolute atomic E-state index is 6.15. The van der Waals surface area contributed by atoms with E-state index in [9.17, 15) is 0 Å². The molecule has 3 aromatic rings. The second kappa shape index (κ2) is 4.13. The predicted octanol–water partition coefficient (Wildman–Crippen LogP) is 3.81. The first-order valence-corrected chi connectivity index (χ1v) is 6.17. The molecule has 1 aromatic carbocycles. The average Bonchev–Trinajstić information content (AvgIpc) is 2.71. The molecule has 0 aliphatic heterocycles. The van der Waals surface area contributed by atoms with Gasteiger partial charge in [-0.3, -0.25) is 0 Å². The van der Waals surface area contributed by atoms with Gasteiger partial charge in [0.15, 0.2) is 5.65 Å². The quantitative estimate of drug-likeness (QED) is 0.684. The first-order chi connectivity index (χ1) is 8.25. The van der Waals surface area contributed by atoms with Crippen molar-refractivity contribution < 1.29 is 0 Å². The lowest BCUT2D eigenvalue weighted by Gasteiger charge is -2.03. The summed E-state index contributed by atoms with van der Waals surface area (Å²) in [5.74, 6) is 0. The first kappa shape index (κ1) is 10.7. The molecule has 0 radical (unpaired) electrons. The van der Waals surface area contributed by atoms with Gasteiger partial charge in [0.1, 0.15) is 0 Å². The van der Waals surface area contributed by atoms with Gasteiger partial charge in [-0.1, -0.05) is 29.8 Å². The Kier molecular flexibility index (Phi) is 2.61. The van der Waals surface area contributed by atoms with E-state index in [1.165, 1.54) is 0 Å². The minimum atomic E-state index is 0.694. The summed E-state index contributed by atoms with van der Waals surface area (Å²) in [4.78, 5) is 4.53. The van der Waals surface area contributed by atoms with Gasteiger partial charge in [-0.2, -0.15) is 5.10 Å². The molecule has 0 aliphatic rings. The molecule has 0 aliphatic carbocycles. The van der Waals surface area contributed by atoms with Crippen LogP contribution in [0.15, 0.2) is 47.2 Å². The summed E-state index contributed by atoms with van der Waals surface area (Å²) in [6.45, 7) is 0. The number of nitrogens with zero attached hydrogens (tertiary/aromatic N) is 3. The fourth-order valence-corrected chi connectivity index (χ4v) is 2.25. The molecule has 0 bridgehead atoms. The molecule has 0 fully saturated rings. The zero-order chi connectivity index (χ0) is 11.8. The van der Waals surface area contributed by atoms with Gasteiger partial charge in [0.2, 0.25) is 0 Å². The average molecular weight is 309 g/mol. The number of aromatic nitrogens is 3. The molecule has 0 saturated heterocycles. The van der Waals surface area contributed by atoms with Crippen molar-refractivity contribution in [3.05, 3.63) is 52.2 Å².